The molecule has 0 saturated carbocycles. The molecule has 0 radical (unpaired) electrons. The summed E-state index contributed by atoms with van der Waals surface area (Å²) in [7, 11) is 0. The zero-order valence-corrected chi connectivity index (χ0v) is 18.0. The van der Waals surface area contributed by atoms with Crippen molar-refractivity contribution in [2.75, 3.05) is 18.0 Å². The van der Waals surface area contributed by atoms with Gasteiger partial charge in [-0.25, -0.2) is 4.39 Å². The van der Waals surface area contributed by atoms with E-state index in [2.05, 4.69) is 44.5 Å². The third-order valence-electron chi connectivity index (χ3n) is 5.62. The molecule has 2 heterocycles. The average Bonchev–Trinajstić information content (AvgIpc) is 2.62. The number of thiocarbonyl (C=S) groups is 1. The molecule has 2 amide bonds. The molecule has 154 valence electrons. The van der Waals surface area contributed by atoms with Crippen LogP contribution in [0.3, 0.4) is 0 Å². The monoisotopic (exact) mass is 415 g/mol. The number of rotatable bonds is 4. The molecule has 1 aromatic carbocycles. The predicted octanol–water partition coefficient (Wildman–Crippen LogP) is 3.75. The summed E-state index contributed by atoms with van der Waals surface area (Å²) in [4.78, 5) is 28.5. The van der Waals surface area contributed by atoms with Gasteiger partial charge in [0.15, 0.2) is 5.11 Å². The standard InChI is InChI=1S/C22H26FN3O2S/c1-6-8-25-20(28)16(19(27)24-21(25)29)10-14-9-15-13(3)12-22(4,5)26(7-2)18(15)11-17(14)23/h6,9-11,13H,1,7-8,12H2,2-5H3,(H,24,27,29)/b16-10+. The predicted molar refractivity (Wildman–Crippen MR) is 117 cm³/mol. The fourth-order valence-electron chi connectivity index (χ4n) is 4.37. The van der Waals surface area contributed by atoms with Gasteiger partial charge in [-0.15, -0.1) is 6.58 Å². The van der Waals surface area contributed by atoms with Crippen LogP contribution in [-0.4, -0.2) is 40.5 Å². The van der Waals surface area contributed by atoms with Crippen molar-refractivity contribution in [2.45, 2.75) is 45.6 Å². The molecule has 5 nitrogen and oxygen atoms in total. The summed E-state index contributed by atoms with van der Waals surface area (Å²) in [6.07, 6.45) is 3.76. The molecule has 0 bridgehead atoms. The molecule has 1 saturated heterocycles. The summed E-state index contributed by atoms with van der Waals surface area (Å²) in [5.41, 5.74) is 1.88. The van der Waals surface area contributed by atoms with Gasteiger partial charge in [0, 0.05) is 29.9 Å². The van der Waals surface area contributed by atoms with E-state index in [0.29, 0.717) is 0 Å². The number of hydrogen-bond acceptors (Lipinski definition) is 4. The molecule has 7 heteroatoms. The second kappa shape index (κ2) is 7.71. The summed E-state index contributed by atoms with van der Waals surface area (Å²) in [6, 6.07) is 3.27. The van der Waals surface area contributed by atoms with Crippen molar-refractivity contribution in [3.63, 3.8) is 0 Å². The molecule has 1 aromatic rings. The third kappa shape index (κ3) is 3.71. The third-order valence-corrected chi connectivity index (χ3v) is 5.94. The van der Waals surface area contributed by atoms with E-state index >= 15 is 4.39 Å². The number of hydrogen-bond donors (Lipinski definition) is 1. The number of fused-ring (bicyclic) bond motifs is 1. The van der Waals surface area contributed by atoms with Gasteiger partial charge in [0.1, 0.15) is 11.4 Å². The van der Waals surface area contributed by atoms with Crippen LogP contribution in [0.15, 0.2) is 30.4 Å². The van der Waals surface area contributed by atoms with Crippen LogP contribution in [0.5, 0.6) is 0 Å². The first-order valence-electron chi connectivity index (χ1n) is 9.71. The fraction of sp³-hybridized carbons (Fsp3) is 0.409. The van der Waals surface area contributed by atoms with E-state index in [1.807, 2.05) is 0 Å². The van der Waals surface area contributed by atoms with Gasteiger partial charge < -0.3 is 4.90 Å². The number of carbonyl (C=O) groups is 2. The van der Waals surface area contributed by atoms with Crippen LogP contribution in [0, 0.1) is 5.82 Å². The molecule has 1 N–H and O–H groups in total. The molecule has 0 spiro atoms. The van der Waals surface area contributed by atoms with E-state index in [0.717, 1.165) is 24.2 Å². The molecule has 1 atom stereocenters. The molecule has 0 aliphatic carbocycles. The normalized spacial score (nSPS) is 22.6. The van der Waals surface area contributed by atoms with Crippen LogP contribution < -0.4 is 10.2 Å². The van der Waals surface area contributed by atoms with Crippen LogP contribution in [0.25, 0.3) is 6.08 Å². The quantitative estimate of drug-likeness (QED) is 0.352. The van der Waals surface area contributed by atoms with Gasteiger partial charge in [-0.3, -0.25) is 19.8 Å². The Kier molecular flexibility index (Phi) is 5.63. The Bertz CT molecular complexity index is 938. The zero-order valence-electron chi connectivity index (χ0n) is 17.2. The average molecular weight is 416 g/mol. The molecule has 1 fully saturated rings. The van der Waals surface area contributed by atoms with Gasteiger partial charge in [0.25, 0.3) is 11.8 Å². The first-order chi connectivity index (χ1) is 13.6. The number of carbonyl (C=O) groups excluding carboxylic acids is 2. The van der Waals surface area contributed by atoms with E-state index in [-0.39, 0.29) is 34.3 Å². The molecular weight excluding hydrogens is 389 g/mol. The Hall–Kier alpha value is -2.54. The van der Waals surface area contributed by atoms with Gasteiger partial charge in [0.2, 0.25) is 0 Å². The van der Waals surface area contributed by atoms with E-state index in [1.54, 1.807) is 6.07 Å². The number of nitrogens with zero attached hydrogens (tertiary/aromatic N) is 2. The molecular formula is C22H26FN3O2S. The van der Waals surface area contributed by atoms with Crippen molar-refractivity contribution in [3.8, 4) is 0 Å². The Morgan fingerprint density at radius 3 is 2.69 bits per heavy atom. The van der Waals surface area contributed by atoms with Gasteiger partial charge in [-0.2, -0.15) is 0 Å². The highest BCUT2D eigenvalue weighted by Crippen LogP contribution is 2.44. The largest absolute Gasteiger partial charge is 0.366 e. The van der Waals surface area contributed by atoms with Gasteiger partial charge in [-0.05, 0) is 69.1 Å². The number of nitrogens with one attached hydrogen (secondary N) is 1. The van der Waals surface area contributed by atoms with Crippen molar-refractivity contribution in [1.29, 1.82) is 0 Å². The topological polar surface area (TPSA) is 52.7 Å². The Morgan fingerprint density at radius 2 is 2.07 bits per heavy atom. The summed E-state index contributed by atoms with van der Waals surface area (Å²) in [5, 5.41) is 2.51. The Balaban J connectivity index is 2.08. The zero-order chi connectivity index (χ0) is 21.5. The van der Waals surface area contributed by atoms with E-state index in [9.17, 15) is 9.59 Å². The second-order valence-corrected chi connectivity index (χ2v) is 8.50. The van der Waals surface area contributed by atoms with Crippen LogP contribution in [-0.2, 0) is 9.59 Å². The summed E-state index contributed by atoms with van der Waals surface area (Å²) < 4.78 is 15.0. The minimum atomic E-state index is -0.623. The SMILES string of the molecule is C=CCN1C(=O)/C(=C/c2cc3c(cc2F)N(CC)C(C)(C)CC3C)C(=O)NC1=S. The lowest BCUT2D eigenvalue weighted by atomic mass is 9.79. The number of amides is 2. The molecule has 0 aromatic heterocycles. The molecule has 3 rings (SSSR count). The van der Waals surface area contributed by atoms with Crippen molar-refractivity contribution in [1.82, 2.24) is 10.2 Å². The van der Waals surface area contributed by atoms with E-state index < -0.39 is 17.6 Å². The summed E-state index contributed by atoms with van der Waals surface area (Å²) in [5.74, 6) is -1.42. The van der Waals surface area contributed by atoms with Gasteiger partial charge in [-0.1, -0.05) is 13.0 Å². The van der Waals surface area contributed by atoms with Crippen LogP contribution in [0.1, 0.15) is 51.2 Å². The van der Waals surface area contributed by atoms with Crippen molar-refractivity contribution < 1.29 is 14.0 Å². The first-order valence-corrected chi connectivity index (χ1v) is 10.1. The van der Waals surface area contributed by atoms with E-state index in [1.165, 1.54) is 23.1 Å². The van der Waals surface area contributed by atoms with Crippen molar-refractivity contribution in [3.05, 3.63) is 47.3 Å². The lowest BCUT2D eigenvalue weighted by Crippen LogP contribution is -2.53. The van der Waals surface area contributed by atoms with Crippen molar-refractivity contribution in [2.24, 2.45) is 0 Å². The Morgan fingerprint density at radius 1 is 1.38 bits per heavy atom. The fourth-order valence-corrected chi connectivity index (χ4v) is 4.62. The molecule has 1 unspecified atom stereocenters. The minimum absolute atomic E-state index is 0.0254. The number of halogens is 1. The highest BCUT2D eigenvalue weighted by molar-refractivity contribution is 7.80. The maximum absolute atomic E-state index is 15.0. The highest BCUT2D eigenvalue weighted by atomic mass is 32.1. The highest BCUT2D eigenvalue weighted by Gasteiger charge is 2.37. The molecule has 29 heavy (non-hydrogen) atoms. The number of anilines is 1. The minimum Gasteiger partial charge on any atom is -0.366 e. The Labute approximate surface area is 176 Å². The maximum Gasteiger partial charge on any atom is 0.265 e. The van der Waals surface area contributed by atoms with Crippen molar-refractivity contribution >= 4 is 40.9 Å². The summed E-state index contributed by atoms with van der Waals surface area (Å²) >= 11 is 5.05. The van der Waals surface area contributed by atoms with Crippen LogP contribution in [0.2, 0.25) is 0 Å². The van der Waals surface area contributed by atoms with Gasteiger partial charge in [0.05, 0.1) is 0 Å². The lowest BCUT2D eigenvalue weighted by molar-refractivity contribution is -0.128. The first kappa shape index (κ1) is 21.2. The maximum atomic E-state index is 15.0. The van der Waals surface area contributed by atoms with Gasteiger partial charge >= 0.3 is 0 Å². The van der Waals surface area contributed by atoms with E-state index in [4.69, 9.17) is 12.2 Å². The smallest absolute Gasteiger partial charge is 0.265 e. The lowest BCUT2D eigenvalue weighted by Gasteiger charge is -2.47. The number of benzene rings is 1. The van der Waals surface area contributed by atoms with Crippen LogP contribution in [0.4, 0.5) is 10.1 Å². The second-order valence-electron chi connectivity index (χ2n) is 8.12. The summed E-state index contributed by atoms with van der Waals surface area (Å²) in [6.45, 7) is 13.0. The van der Waals surface area contributed by atoms with Crippen LogP contribution >= 0.6 is 12.2 Å². The molecule has 2 aliphatic heterocycles. The molecule has 2 aliphatic rings.